The molecule has 5 nitrogen and oxygen atoms in total. The van der Waals surface area contributed by atoms with Crippen molar-refractivity contribution in [3.05, 3.63) is 69.6 Å². The Morgan fingerprint density at radius 2 is 1.75 bits per heavy atom. The Morgan fingerprint density at radius 3 is 2.50 bits per heavy atom. The number of aromatic nitrogens is 2. The van der Waals surface area contributed by atoms with E-state index in [1.165, 1.54) is 0 Å². The van der Waals surface area contributed by atoms with Crippen LogP contribution in [0.25, 0.3) is 5.65 Å². The lowest BCUT2D eigenvalue weighted by Gasteiger charge is -2.34. The molecule has 0 spiro atoms. The van der Waals surface area contributed by atoms with Crippen molar-refractivity contribution in [3.8, 4) is 0 Å². The molecule has 0 atom stereocenters. The van der Waals surface area contributed by atoms with Crippen LogP contribution >= 0.6 is 23.2 Å². The fraction of sp³-hybridized carbons (Fsp3) is 0.263. The van der Waals surface area contributed by atoms with Crippen LogP contribution in [0.2, 0.25) is 10.0 Å². The van der Waals surface area contributed by atoms with Gasteiger partial charge >= 0.3 is 0 Å². The second-order valence-electron chi connectivity index (χ2n) is 6.66. The first-order valence-corrected chi connectivity index (χ1v) is 9.45. The third kappa shape index (κ3) is 3.83. The first kappa shape index (κ1) is 19.1. The van der Waals surface area contributed by atoms with Crippen molar-refractivity contribution < 1.29 is 13.6 Å². The van der Waals surface area contributed by atoms with Crippen molar-refractivity contribution in [2.45, 2.75) is 6.54 Å². The van der Waals surface area contributed by atoms with E-state index in [1.807, 2.05) is 16.7 Å². The van der Waals surface area contributed by atoms with Crippen LogP contribution < -0.4 is 0 Å². The molecular formula is C19H16Cl2F2N4O. The van der Waals surface area contributed by atoms with Crippen LogP contribution in [0.3, 0.4) is 0 Å². The summed E-state index contributed by atoms with van der Waals surface area (Å²) in [5, 5.41) is 0.550. The molecule has 4 rings (SSSR count). The van der Waals surface area contributed by atoms with Crippen molar-refractivity contribution in [1.29, 1.82) is 0 Å². The van der Waals surface area contributed by atoms with E-state index in [1.54, 1.807) is 17.2 Å². The van der Waals surface area contributed by atoms with Crippen LogP contribution in [-0.4, -0.2) is 51.3 Å². The molecule has 9 heteroatoms. The zero-order chi connectivity index (χ0) is 19.8. The Labute approximate surface area is 170 Å². The molecule has 146 valence electrons. The van der Waals surface area contributed by atoms with Gasteiger partial charge in [0.1, 0.15) is 5.65 Å². The quantitative estimate of drug-likeness (QED) is 0.599. The molecule has 3 aromatic rings. The van der Waals surface area contributed by atoms with E-state index in [0.717, 1.165) is 23.5 Å². The van der Waals surface area contributed by atoms with Crippen LogP contribution in [0, 0.1) is 11.6 Å². The van der Waals surface area contributed by atoms with E-state index in [4.69, 9.17) is 23.2 Å². The fourth-order valence-electron chi connectivity index (χ4n) is 3.29. The molecule has 1 amide bonds. The molecule has 28 heavy (non-hydrogen) atoms. The molecule has 0 N–H and O–H groups in total. The minimum atomic E-state index is -1.08. The van der Waals surface area contributed by atoms with E-state index < -0.39 is 17.5 Å². The van der Waals surface area contributed by atoms with Gasteiger partial charge in [0.05, 0.1) is 21.3 Å². The number of hydrogen-bond acceptors (Lipinski definition) is 3. The van der Waals surface area contributed by atoms with Gasteiger partial charge in [-0.2, -0.15) is 0 Å². The van der Waals surface area contributed by atoms with Gasteiger partial charge in [0.25, 0.3) is 5.91 Å². The molecule has 3 heterocycles. The van der Waals surface area contributed by atoms with E-state index in [0.29, 0.717) is 37.7 Å². The predicted molar refractivity (Wildman–Crippen MR) is 103 cm³/mol. The van der Waals surface area contributed by atoms with Crippen LogP contribution in [-0.2, 0) is 6.54 Å². The summed E-state index contributed by atoms with van der Waals surface area (Å²) < 4.78 is 28.6. The van der Waals surface area contributed by atoms with E-state index in [-0.39, 0.29) is 10.6 Å². The summed E-state index contributed by atoms with van der Waals surface area (Å²) in [6.45, 7) is 2.86. The highest BCUT2D eigenvalue weighted by Crippen LogP contribution is 2.22. The topological polar surface area (TPSA) is 40.9 Å². The summed E-state index contributed by atoms with van der Waals surface area (Å²) in [5.74, 6) is -2.55. The predicted octanol–water partition coefficient (Wildman–Crippen LogP) is 3.88. The number of halogens is 4. The third-order valence-corrected chi connectivity index (χ3v) is 5.29. The first-order valence-electron chi connectivity index (χ1n) is 8.70. The zero-order valence-corrected chi connectivity index (χ0v) is 16.2. The van der Waals surface area contributed by atoms with Crippen LogP contribution in [0.1, 0.15) is 16.1 Å². The number of carbonyl (C=O) groups excluding carboxylic acids is 1. The molecule has 1 aromatic carbocycles. The highest BCUT2D eigenvalue weighted by molar-refractivity contribution is 6.33. The van der Waals surface area contributed by atoms with Gasteiger partial charge in [-0.1, -0.05) is 23.2 Å². The normalized spacial score (nSPS) is 15.4. The smallest absolute Gasteiger partial charge is 0.255 e. The van der Waals surface area contributed by atoms with E-state index >= 15 is 0 Å². The second-order valence-corrected chi connectivity index (χ2v) is 7.50. The van der Waals surface area contributed by atoms with Crippen molar-refractivity contribution in [3.63, 3.8) is 0 Å². The number of pyridine rings is 1. The maximum Gasteiger partial charge on any atom is 0.255 e. The molecule has 1 saturated heterocycles. The number of imidazole rings is 1. The summed E-state index contributed by atoms with van der Waals surface area (Å²) >= 11 is 11.9. The third-order valence-electron chi connectivity index (χ3n) is 4.75. The van der Waals surface area contributed by atoms with E-state index in [2.05, 4.69) is 9.88 Å². The van der Waals surface area contributed by atoms with E-state index in [9.17, 15) is 13.6 Å². The maximum absolute atomic E-state index is 13.5. The van der Waals surface area contributed by atoms with Gasteiger partial charge in [-0.3, -0.25) is 9.69 Å². The van der Waals surface area contributed by atoms with Gasteiger partial charge < -0.3 is 9.30 Å². The Hall–Kier alpha value is -2.22. The average molecular weight is 425 g/mol. The molecular weight excluding hydrogens is 409 g/mol. The fourth-order valence-corrected chi connectivity index (χ4v) is 3.69. The lowest BCUT2D eigenvalue weighted by Crippen LogP contribution is -2.48. The van der Waals surface area contributed by atoms with Crippen molar-refractivity contribution in [2.75, 3.05) is 26.2 Å². The highest BCUT2D eigenvalue weighted by atomic mass is 35.5. The number of carbonyl (C=O) groups is 1. The number of hydrogen-bond donors (Lipinski definition) is 0. The molecule has 2 aromatic heterocycles. The van der Waals surface area contributed by atoms with Gasteiger partial charge in [-0.15, -0.1) is 0 Å². The number of piperazine rings is 1. The Kier molecular flexibility index (Phi) is 5.23. The Bertz CT molecular complexity index is 1050. The van der Waals surface area contributed by atoms with Crippen LogP contribution in [0.5, 0.6) is 0 Å². The molecule has 1 aliphatic rings. The maximum atomic E-state index is 13.5. The van der Waals surface area contributed by atoms with Crippen LogP contribution in [0.15, 0.2) is 36.7 Å². The van der Waals surface area contributed by atoms with Gasteiger partial charge in [0, 0.05) is 45.1 Å². The van der Waals surface area contributed by atoms with Crippen molar-refractivity contribution in [2.24, 2.45) is 0 Å². The standard InChI is InChI=1S/C19H16Cl2F2N4O/c20-12-1-2-18-24-13(11-27(18)9-12)10-25-3-5-26(6-4-25)19(28)14-7-16(22)17(23)8-15(14)21/h1-2,7-9,11H,3-6,10H2. The summed E-state index contributed by atoms with van der Waals surface area (Å²) in [6, 6.07) is 5.33. The average Bonchev–Trinajstić information content (AvgIpc) is 3.06. The van der Waals surface area contributed by atoms with Crippen molar-refractivity contribution >= 4 is 34.8 Å². The van der Waals surface area contributed by atoms with Crippen molar-refractivity contribution in [1.82, 2.24) is 19.2 Å². The summed E-state index contributed by atoms with van der Waals surface area (Å²) in [4.78, 5) is 20.9. The molecule has 0 radical (unpaired) electrons. The number of fused-ring (bicyclic) bond motifs is 1. The molecule has 0 bridgehead atoms. The molecule has 0 saturated carbocycles. The molecule has 1 aliphatic heterocycles. The molecule has 0 aliphatic carbocycles. The summed E-state index contributed by atoms with van der Waals surface area (Å²) in [7, 11) is 0. The summed E-state index contributed by atoms with van der Waals surface area (Å²) in [5.41, 5.74) is 1.71. The number of amides is 1. The highest BCUT2D eigenvalue weighted by Gasteiger charge is 2.25. The lowest BCUT2D eigenvalue weighted by atomic mass is 10.1. The van der Waals surface area contributed by atoms with Crippen LogP contribution in [0.4, 0.5) is 8.78 Å². The monoisotopic (exact) mass is 424 g/mol. The van der Waals surface area contributed by atoms with Gasteiger partial charge in [0.15, 0.2) is 11.6 Å². The largest absolute Gasteiger partial charge is 0.336 e. The Morgan fingerprint density at radius 1 is 1.04 bits per heavy atom. The second kappa shape index (κ2) is 7.66. The number of benzene rings is 1. The SMILES string of the molecule is O=C(c1cc(F)c(F)cc1Cl)N1CCN(Cc2cn3cc(Cl)ccc3n2)CC1. The summed E-state index contributed by atoms with van der Waals surface area (Å²) in [6.07, 6.45) is 3.73. The number of nitrogens with zero attached hydrogens (tertiary/aromatic N) is 4. The molecule has 0 unspecified atom stereocenters. The first-order chi connectivity index (χ1) is 13.4. The minimum absolute atomic E-state index is 0.0220. The lowest BCUT2D eigenvalue weighted by molar-refractivity contribution is 0.0627. The van der Waals surface area contributed by atoms with Gasteiger partial charge in [0.2, 0.25) is 0 Å². The molecule has 1 fully saturated rings. The van der Waals surface area contributed by atoms with Gasteiger partial charge in [-0.25, -0.2) is 13.8 Å². The Balaban J connectivity index is 1.40. The number of rotatable bonds is 3. The zero-order valence-electron chi connectivity index (χ0n) is 14.7. The van der Waals surface area contributed by atoms with Gasteiger partial charge in [-0.05, 0) is 24.3 Å². The minimum Gasteiger partial charge on any atom is -0.336 e.